The second-order valence-corrected chi connectivity index (χ2v) is 5.12. The number of rotatable bonds is 2. The van der Waals surface area contributed by atoms with Gasteiger partial charge in [0.1, 0.15) is 0 Å². The van der Waals surface area contributed by atoms with Crippen LogP contribution >= 0.6 is 12.2 Å². The molecule has 0 aliphatic heterocycles. The normalized spacial score (nSPS) is 10.8. The van der Waals surface area contributed by atoms with E-state index in [4.69, 9.17) is 17.3 Å². The van der Waals surface area contributed by atoms with E-state index in [1.807, 2.05) is 20.8 Å². The van der Waals surface area contributed by atoms with Crippen molar-refractivity contribution < 1.29 is 9.90 Å². The Morgan fingerprint density at radius 1 is 1.24 bits per heavy atom. The third kappa shape index (κ3) is 4.82. The highest BCUT2D eigenvalue weighted by Crippen LogP contribution is 2.10. The molecular formula is C12H16N2O2S. The molecule has 0 saturated carbocycles. The quantitative estimate of drug-likeness (QED) is 0.706. The molecule has 0 aromatic heterocycles. The molecule has 1 aromatic carbocycles. The number of hydrogen-bond donors (Lipinski definition) is 3. The van der Waals surface area contributed by atoms with Crippen molar-refractivity contribution >= 4 is 29.0 Å². The molecule has 0 bridgehead atoms. The smallest absolute Gasteiger partial charge is 0.335 e. The fraction of sp³-hybridized carbons (Fsp3) is 0.333. The van der Waals surface area contributed by atoms with Crippen molar-refractivity contribution in [3.63, 3.8) is 0 Å². The summed E-state index contributed by atoms with van der Waals surface area (Å²) >= 11 is 5.13. The van der Waals surface area contributed by atoms with E-state index in [-0.39, 0.29) is 11.1 Å². The van der Waals surface area contributed by atoms with Gasteiger partial charge in [-0.1, -0.05) is 0 Å². The molecule has 17 heavy (non-hydrogen) atoms. The van der Waals surface area contributed by atoms with Crippen LogP contribution in [0, 0.1) is 0 Å². The number of nitrogens with one attached hydrogen (secondary N) is 2. The molecule has 0 amide bonds. The average Bonchev–Trinajstić information content (AvgIpc) is 2.15. The Labute approximate surface area is 106 Å². The summed E-state index contributed by atoms with van der Waals surface area (Å²) in [7, 11) is 0. The molecule has 1 aromatic rings. The Hall–Kier alpha value is -1.62. The maximum atomic E-state index is 10.7. The maximum absolute atomic E-state index is 10.7. The van der Waals surface area contributed by atoms with E-state index in [9.17, 15) is 4.79 Å². The van der Waals surface area contributed by atoms with Crippen molar-refractivity contribution in [2.45, 2.75) is 26.3 Å². The molecule has 0 saturated heterocycles. The Morgan fingerprint density at radius 2 is 1.76 bits per heavy atom. The first-order valence-corrected chi connectivity index (χ1v) is 5.61. The van der Waals surface area contributed by atoms with Crippen LogP contribution in [0.2, 0.25) is 0 Å². The van der Waals surface area contributed by atoms with Crippen LogP contribution in [0.1, 0.15) is 31.1 Å². The van der Waals surface area contributed by atoms with Gasteiger partial charge in [0.05, 0.1) is 5.56 Å². The standard InChI is InChI=1S/C12H16N2O2S/c1-12(2,3)14-11(17)13-9-6-4-8(5-7-9)10(15)16/h4-7H,1-3H3,(H,15,16)(H2,13,14,17). The van der Waals surface area contributed by atoms with Gasteiger partial charge in [-0.05, 0) is 57.3 Å². The zero-order chi connectivity index (χ0) is 13.1. The van der Waals surface area contributed by atoms with Crippen molar-refractivity contribution in [3.05, 3.63) is 29.8 Å². The number of anilines is 1. The topological polar surface area (TPSA) is 61.4 Å². The summed E-state index contributed by atoms with van der Waals surface area (Å²) in [5.41, 5.74) is 0.910. The van der Waals surface area contributed by atoms with E-state index in [0.717, 1.165) is 5.69 Å². The highest BCUT2D eigenvalue weighted by Gasteiger charge is 2.11. The number of aromatic carboxylic acids is 1. The monoisotopic (exact) mass is 252 g/mol. The summed E-state index contributed by atoms with van der Waals surface area (Å²) in [5.74, 6) is -0.938. The highest BCUT2D eigenvalue weighted by molar-refractivity contribution is 7.80. The predicted molar refractivity (Wildman–Crippen MR) is 72.5 cm³/mol. The van der Waals surface area contributed by atoms with E-state index >= 15 is 0 Å². The molecule has 0 heterocycles. The molecule has 4 nitrogen and oxygen atoms in total. The van der Waals surface area contributed by atoms with Crippen LogP contribution in [0.3, 0.4) is 0 Å². The van der Waals surface area contributed by atoms with Gasteiger partial charge in [-0.2, -0.15) is 0 Å². The van der Waals surface area contributed by atoms with Crippen LogP contribution in [0.15, 0.2) is 24.3 Å². The minimum atomic E-state index is -0.938. The lowest BCUT2D eigenvalue weighted by atomic mass is 10.1. The summed E-state index contributed by atoms with van der Waals surface area (Å²) < 4.78 is 0. The first-order valence-electron chi connectivity index (χ1n) is 5.20. The third-order valence-corrected chi connectivity index (χ3v) is 2.08. The van der Waals surface area contributed by atoms with E-state index in [1.54, 1.807) is 12.1 Å². The summed E-state index contributed by atoms with van der Waals surface area (Å²) in [5, 5.41) is 15.4. The number of carbonyl (C=O) groups is 1. The average molecular weight is 252 g/mol. The molecular weight excluding hydrogens is 236 g/mol. The van der Waals surface area contributed by atoms with Crippen LogP contribution < -0.4 is 10.6 Å². The van der Waals surface area contributed by atoms with Gasteiger partial charge < -0.3 is 15.7 Å². The summed E-state index contributed by atoms with van der Waals surface area (Å²) in [6.45, 7) is 6.03. The fourth-order valence-corrected chi connectivity index (χ4v) is 1.62. The lowest BCUT2D eigenvalue weighted by Crippen LogP contribution is -2.42. The van der Waals surface area contributed by atoms with Crippen LogP contribution in [0.4, 0.5) is 5.69 Å². The van der Waals surface area contributed by atoms with Gasteiger partial charge in [0.2, 0.25) is 0 Å². The second kappa shape index (κ2) is 5.14. The lowest BCUT2D eigenvalue weighted by molar-refractivity contribution is 0.0697. The van der Waals surface area contributed by atoms with Gasteiger partial charge in [0.15, 0.2) is 5.11 Å². The van der Waals surface area contributed by atoms with Gasteiger partial charge in [-0.3, -0.25) is 0 Å². The Balaban J connectivity index is 2.64. The highest BCUT2D eigenvalue weighted by atomic mass is 32.1. The Bertz CT molecular complexity index is 421. The number of thiocarbonyl (C=S) groups is 1. The predicted octanol–water partition coefficient (Wildman–Crippen LogP) is 2.47. The van der Waals surface area contributed by atoms with Gasteiger partial charge in [0, 0.05) is 11.2 Å². The van der Waals surface area contributed by atoms with E-state index in [1.165, 1.54) is 12.1 Å². The van der Waals surface area contributed by atoms with Crippen molar-refractivity contribution in [3.8, 4) is 0 Å². The molecule has 5 heteroatoms. The molecule has 92 valence electrons. The van der Waals surface area contributed by atoms with Crippen molar-refractivity contribution in [2.75, 3.05) is 5.32 Å². The Morgan fingerprint density at radius 3 is 2.18 bits per heavy atom. The van der Waals surface area contributed by atoms with Crippen molar-refractivity contribution in [1.29, 1.82) is 0 Å². The summed E-state index contributed by atoms with van der Waals surface area (Å²) in [6, 6.07) is 6.43. The number of carboxylic acids is 1. The van der Waals surface area contributed by atoms with Crippen LogP contribution in [0.25, 0.3) is 0 Å². The molecule has 0 spiro atoms. The Kier molecular flexibility index (Phi) is 4.07. The van der Waals surface area contributed by atoms with Gasteiger partial charge in [-0.15, -0.1) is 0 Å². The minimum Gasteiger partial charge on any atom is -0.478 e. The van der Waals surface area contributed by atoms with Crippen molar-refractivity contribution in [1.82, 2.24) is 5.32 Å². The molecule has 0 aliphatic rings. The number of hydrogen-bond acceptors (Lipinski definition) is 2. The molecule has 3 N–H and O–H groups in total. The van der Waals surface area contributed by atoms with E-state index in [0.29, 0.717) is 5.11 Å². The largest absolute Gasteiger partial charge is 0.478 e. The molecule has 0 radical (unpaired) electrons. The first kappa shape index (κ1) is 13.4. The molecule has 0 unspecified atom stereocenters. The SMILES string of the molecule is CC(C)(C)NC(=S)Nc1ccc(C(=O)O)cc1. The number of benzene rings is 1. The molecule has 0 fully saturated rings. The minimum absolute atomic E-state index is 0.106. The number of carboxylic acid groups (broad SMARTS) is 1. The second-order valence-electron chi connectivity index (χ2n) is 4.71. The zero-order valence-corrected chi connectivity index (χ0v) is 10.9. The van der Waals surface area contributed by atoms with Crippen molar-refractivity contribution in [2.24, 2.45) is 0 Å². The van der Waals surface area contributed by atoms with E-state index < -0.39 is 5.97 Å². The first-order chi connectivity index (χ1) is 7.78. The lowest BCUT2D eigenvalue weighted by Gasteiger charge is -2.23. The summed E-state index contributed by atoms with van der Waals surface area (Å²) in [4.78, 5) is 10.7. The van der Waals surface area contributed by atoms with Crippen LogP contribution in [-0.4, -0.2) is 21.7 Å². The molecule has 0 atom stereocenters. The van der Waals surface area contributed by atoms with Crippen LogP contribution in [-0.2, 0) is 0 Å². The fourth-order valence-electron chi connectivity index (χ4n) is 1.20. The van der Waals surface area contributed by atoms with Crippen LogP contribution in [0.5, 0.6) is 0 Å². The third-order valence-electron chi connectivity index (χ3n) is 1.88. The molecule has 1 rings (SSSR count). The maximum Gasteiger partial charge on any atom is 0.335 e. The molecule has 0 aliphatic carbocycles. The summed E-state index contributed by atoms with van der Waals surface area (Å²) in [6.07, 6.45) is 0. The zero-order valence-electron chi connectivity index (χ0n) is 10.1. The van der Waals surface area contributed by atoms with Gasteiger partial charge >= 0.3 is 5.97 Å². The van der Waals surface area contributed by atoms with Gasteiger partial charge in [0.25, 0.3) is 0 Å². The van der Waals surface area contributed by atoms with E-state index in [2.05, 4.69) is 10.6 Å². The van der Waals surface area contributed by atoms with Gasteiger partial charge in [-0.25, -0.2) is 4.79 Å².